The highest BCUT2D eigenvalue weighted by Gasteiger charge is 2.20. The maximum Gasteiger partial charge on any atom is 0.255 e. The van der Waals surface area contributed by atoms with Gasteiger partial charge in [0.05, 0.1) is 5.56 Å². The smallest absolute Gasteiger partial charge is 0.255 e. The minimum absolute atomic E-state index is 0.0774. The van der Waals surface area contributed by atoms with Crippen molar-refractivity contribution in [1.82, 2.24) is 4.90 Å². The van der Waals surface area contributed by atoms with Crippen molar-refractivity contribution in [3.8, 4) is 0 Å². The zero-order chi connectivity index (χ0) is 13.9. The molecule has 1 rings (SSSR count). The minimum atomic E-state index is 0.0774. The quantitative estimate of drug-likeness (QED) is 0.650. The summed E-state index contributed by atoms with van der Waals surface area (Å²) in [5.74, 6) is 0.670. The number of halogens is 2. The number of rotatable bonds is 4. The molecule has 1 unspecified atom stereocenters. The Morgan fingerprint density at radius 3 is 2.56 bits per heavy atom. The van der Waals surface area contributed by atoms with Gasteiger partial charge in [-0.2, -0.15) is 0 Å². The third-order valence-electron chi connectivity index (χ3n) is 2.95. The van der Waals surface area contributed by atoms with E-state index in [9.17, 15) is 4.79 Å². The molecule has 4 heteroatoms. The first-order valence-corrected chi connectivity index (χ1v) is 7.92. The zero-order valence-electron chi connectivity index (χ0n) is 11.2. The molecule has 0 aliphatic rings. The van der Waals surface area contributed by atoms with Gasteiger partial charge in [0.1, 0.15) is 0 Å². The molecule has 0 spiro atoms. The van der Waals surface area contributed by atoms with Crippen LogP contribution in [0.5, 0.6) is 0 Å². The zero-order valence-corrected chi connectivity index (χ0v) is 14.9. The van der Waals surface area contributed by atoms with Crippen LogP contribution >= 0.6 is 38.5 Å². The van der Waals surface area contributed by atoms with E-state index in [4.69, 9.17) is 0 Å². The van der Waals surface area contributed by atoms with Crippen LogP contribution in [-0.4, -0.2) is 23.9 Å². The van der Waals surface area contributed by atoms with Gasteiger partial charge in [-0.15, -0.1) is 0 Å². The topological polar surface area (TPSA) is 20.3 Å². The van der Waals surface area contributed by atoms with E-state index >= 15 is 0 Å². The Bertz CT molecular complexity index is 434. The molecule has 0 fully saturated rings. The lowest BCUT2D eigenvalue weighted by Gasteiger charge is -2.26. The molecule has 18 heavy (non-hydrogen) atoms. The molecule has 100 valence electrons. The number of amides is 1. The van der Waals surface area contributed by atoms with Crippen molar-refractivity contribution in [1.29, 1.82) is 0 Å². The lowest BCUT2D eigenvalue weighted by molar-refractivity contribution is 0.0727. The van der Waals surface area contributed by atoms with E-state index < -0.39 is 0 Å². The number of nitrogens with zero attached hydrogens (tertiary/aromatic N) is 1. The second kappa shape index (κ2) is 6.89. The van der Waals surface area contributed by atoms with Crippen molar-refractivity contribution in [3.05, 3.63) is 31.8 Å². The summed E-state index contributed by atoms with van der Waals surface area (Å²) in [6, 6.07) is 6.09. The van der Waals surface area contributed by atoms with Crippen molar-refractivity contribution in [2.45, 2.75) is 33.2 Å². The van der Waals surface area contributed by atoms with Gasteiger partial charge in [-0.25, -0.2) is 0 Å². The number of benzene rings is 1. The summed E-state index contributed by atoms with van der Waals surface area (Å²) in [6.07, 6.45) is 1.02. The third kappa shape index (κ3) is 4.23. The van der Waals surface area contributed by atoms with Crippen molar-refractivity contribution in [3.63, 3.8) is 0 Å². The van der Waals surface area contributed by atoms with Crippen molar-refractivity contribution in [2.24, 2.45) is 5.92 Å². The van der Waals surface area contributed by atoms with E-state index in [-0.39, 0.29) is 11.9 Å². The highest BCUT2D eigenvalue weighted by molar-refractivity contribution is 14.1. The first kappa shape index (κ1) is 16.0. The van der Waals surface area contributed by atoms with E-state index in [2.05, 4.69) is 59.3 Å². The van der Waals surface area contributed by atoms with Crippen LogP contribution < -0.4 is 0 Å². The van der Waals surface area contributed by atoms with Gasteiger partial charge >= 0.3 is 0 Å². The van der Waals surface area contributed by atoms with E-state index in [1.165, 1.54) is 0 Å². The van der Waals surface area contributed by atoms with Crippen LogP contribution in [0.3, 0.4) is 0 Å². The summed E-state index contributed by atoms with van der Waals surface area (Å²) in [4.78, 5) is 14.3. The fourth-order valence-corrected chi connectivity index (χ4v) is 2.80. The number of carbonyl (C=O) groups is 1. The molecule has 1 aromatic rings. The predicted octanol–water partition coefficient (Wildman–Crippen LogP) is 4.56. The second-order valence-corrected chi connectivity index (χ2v) is 7.12. The highest BCUT2D eigenvalue weighted by atomic mass is 127. The molecule has 0 radical (unpaired) electrons. The summed E-state index contributed by atoms with van der Waals surface area (Å²) in [5.41, 5.74) is 0.736. The van der Waals surface area contributed by atoms with Crippen LogP contribution in [0.15, 0.2) is 22.7 Å². The Morgan fingerprint density at radius 2 is 2.00 bits per heavy atom. The van der Waals surface area contributed by atoms with Crippen LogP contribution in [0.4, 0.5) is 0 Å². The summed E-state index contributed by atoms with van der Waals surface area (Å²) in [5, 5.41) is 0. The molecule has 0 aliphatic carbocycles. The molecule has 1 amide bonds. The fraction of sp³-hybridized carbons (Fsp3) is 0.500. The standard InChI is InChI=1S/C14H19BrINO/c1-9(2)7-10(3)17(4)14(18)12-8-11(16)5-6-13(12)15/h5-6,8-10H,7H2,1-4H3. The van der Waals surface area contributed by atoms with Crippen LogP contribution in [0, 0.1) is 9.49 Å². The second-order valence-electron chi connectivity index (χ2n) is 5.02. The Hall–Kier alpha value is -0.100. The molecule has 0 aliphatic heterocycles. The van der Waals surface area contributed by atoms with Crippen molar-refractivity contribution >= 4 is 44.4 Å². The molecule has 1 aromatic carbocycles. The summed E-state index contributed by atoms with van der Waals surface area (Å²) >= 11 is 5.67. The monoisotopic (exact) mass is 423 g/mol. The molecular weight excluding hydrogens is 405 g/mol. The predicted molar refractivity (Wildman–Crippen MR) is 87.9 cm³/mol. The average Bonchev–Trinajstić information content (AvgIpc) is 2.29. The number of carbonyl (C=O) groups excluding carboxylic acids is 1. The molecule has 0 saturated carbocycles. The molecular formula is C14H19BrINO. The third-order valence-corrected chi connectivity index (χ3v) is 4.32. The summed E-state index contributed by atoms with van der Waals surface area (Å²) in [7, 11) is 1.88. The lowest BCUT2D eigenvalue weighted by Crippen LogP contribution is -2.36. The van der Waals surface area contributed by atoms with Gasteiger partial charge in [0, 0.05) is 21.1 Å². The van der Waals surface area contributed by atoms with Gasteiger partial charge < -0.3 is 4.90 Å². The van der Waals surface area contributed by atoms with E-state index in [1.54, 1.807) is 0 Å². The van der Waals surface area contributed by atoms with Gasteiger partial charge in [-0.3, -0.25) is 4.79 Å². The maximum atomic E-state index is 12.4. The lowest BCUT2D eigenvalue weighted by atomic mass is 10.0. The fourth-order valence-electron chi connectivity index (χ4n) is 1.89. The van der Waals surface area contributed by atoms with Gasteiger partial charge in [0.25, 0.3) is 5.91 Å². The molecule has 0 N–H and O–H groups in total. The largest absolute Gasteiger partial charge is 0.339 e. The van der Waals surface area contributed by atoms with E-state index in [0.717, 1.165) is 20.0 Å². The van der Waals surface area contributed by atoms with Gasteiger partial charge in [0.2, 0.25) is 0 Å². The van der Waals surface area contributed by atoms with Crippen molar-refractivity contribution < 1.29 is 4.79 Å². The molecule has 0 aromatic heterocycles. The van der Waals surface area contributed by atoms with Crippen LogP contribution in [-0.2, 0) is 0 Å². The molecule has 0 bridgehead atoms. The molecule has 2 nitrogen and oxygen atoms in total. The van der Waals surface area contributed by atoms with Gasteiger partial charge in [-0.05, 0) is 76.0 Å². The van der Waals surface area contributed by atoms with Crippen LogP contribution in [0.25, 0.3) is 0 Å². The minimum Gasteiger partial charge on any atom is -0.339 e. The maximum absolute atomic E-state index is 12.4. The van der Waals surface area contributed by atoms with E-state index in [1.807, 2.05) is 30.1 Å². The molecule has 1 atom stereocenters. The Labute approximate surface area is 131 Å². The normalized spacial score (nSPS) is 12.6. The Balaban J connectivity index is 2.89. The number of hydrogen-bond acceptors (Lipinski definition) is 1. The van der Waals surface area contributed by atoms with Crippen molar-refractivity contribution in [2.75, 3.05) is 7.05 Å². The van der Waals surface area contributed by atoms with Gasteiger partial charge in [0.15, 0.2) is 0 Å². The molecule has 0 heterocycles. The number of hydrogen-bond donors (Lipinski definition) is 0. The highest BCUT2D eigenvalue weighted by Crippen LogP contribution is 2.22. The molecule has 0 saturated heterocycles. The Morgan fingerprint density at radius 1 is 1.39 bits per heavy atom. The first-order chi connectivity index (χ1) is 8.32. The van der Waals surface area contributed by atoms with Crippen LogP contribution in [0.2, 0.25) is 0 Å². The van der Waals surface area contributed by atoms with Gasteiger partial charge in [-0.1, -0.05) is 13.8 Å². The first-order valence-electron chi connectivity index (χ1n) is 6.05. The average molecular weight is 424 g/mol. The van der Waals surface area contributed by atoms with Crippen LogP contribution in [0.1, 0.15) is 37.6 Å². The SMILES string of the molecule is CC(C)CC(C)N(C)C(=O)c1cc(I)ccc1Br. The van der Waals surface area contributed by atoms with E-state index in [0.29, 0.717) is 5.92 Å². The Kier molecular flexibility index (Phi) is 6.11. The summed E-state index contributed by atoms with van der Waals surface area (Å²) < 4.78 is 1.93. The summed E-state index contributed by atoms with van der Waals surface area (Å²) in [6.45, 7) is 6.45.